The number of nitrogens with two attached hydrogens (primary N) is 1. The van der Waals surface area contributed by atoms with E-state index in [-0.39, 0.29) is 24.7 Å². The lowest BCUT2D eigenvalue weighted by atomic mass is 10.1. The van der Waals surface area contributed by atoms with E-state index in [1.807, 2.05) is 13.0 Å². The minimum atomic E-state index is -0.859. The molecule has 0 spiro atoms. The molecule has 30 heavy (non-hydrogen) atoms. The molecule has 160 valence electrons. The minimum absolute atomic E-state index is 0.0958. The van der Waals surface area contributed by atoms with Gasteiger partial charge in [-0.05, 0) is 12.0 Å². The highest BCUT2D eigenvalue weighted by molar-refractivity contribution is 6.01. The lowest BCUT2D eigenvalue weighted by Gasteiger charge is -2.14. The molecule has 1 heterocycles. The number of anilines is 1. The molecule has 10 heteroatoms. The third kappa shape index (κ3) is 5.43. The Morgan fingerprint density at radius 3 is 2.43 bits per heavy atom. The highest BCUT2D eigenvalue weighted by atomic mass is 16.5. The molecular weight excluding hydrogens is 392 g/mol. The summed E-state index contributed by atoms with van der Waals surface area (Å²) < 4.78 is 6.75. The number of hydrogen-bond acceptors (Lipinski definition) is 7. The van der Waals surface area contributed by atoms with Crippen LogP contribution < -0.4 is 22.3 Å². The number of ether oxygens (including phenoxy) is 1. The molecule has 0 aliphatic rings. The first-order valence-electron chi connectivity index (χ1n) is 9.35. The van der Waals surface area contributed by atoms with Gasteiger partial charge in [-0.15, -0.1) is 0 Å². The second kappa shape index (κ2) is 10.2. The average molecular weight is 416 g/mol. The molecule has 0 saturated carbocycles. The van der Waals surface area contributed by atoms with Gasteiger partial charge >= 0.3 is 11.7 Å². The number of carbonyl (C=O) groups excluding carboxylic acids is 3. The van der Waals surface area contributed by atoms with Gasteiger partial charge < -0.3 is 15.8 Å². The Bertz CT molecular complexity index is 1060. The minimum Gasteiger partial charge on any atom is -0.456 e. The normalized spacial score (nSPS) is 10.5. The van der Waals surface area contributed by atoms with Gasteiger partial charge in [-0.2, -0.15) is 0 Å². The number of aromatic nitrogens is 2. The lowest BCUT2D eigenvalue weighted by Crippen LogP contribution is -2.43. The summed E-state index contributed by atoms with van der Waals surface area (Å²) >= 11 is 0. The van der Waals surface area contributed by atoms with E-state index in [1.54, 1.807) is 24.3 Å². The number of benzene rings is 1. The molecule has 10 nitrogen and oxygen atoms in total. The van der Waals surface area contributed by atoms with E-state index >= 15 is 0 Å². The van der Waals surface area contributed by atoms with Gasteiger partial charge in [-0.1, -0.05) is 37.3 Å². The van der Waals surface area contributed by atoms with Crippen molar-refractivity contribution in [3.8, 4) is 0 Å². The van der Waals surface area contributed by atoms with Gasteiger partial charge in [0.2, 0.25) is 11.7 Å². The van der Waals surface area contributed by atoms with E-state index in [1.165, 1.54) is 7.05 Å². The van der Waals surface area contributed by atoms with Crippen molar-refractivity contribution in [2.75, 3.05) is 18.9 Å². The molecule has 0 aliphatic heterocycles. The van der Waals surface area contributed by atoms with Crippen LogP contribution in [0.2, 0.25) is 0 Å². The molecule has 0 radical (unpaired) electrons. The van der Waals surface area contributed by atoms with Crippen molar-refractivity contribution in [3.05, 3.63) is 62.3 Å². The van der Waals surface area contributed by atoms with E-state index < -0.39 is 41.7 Å². The lowest BCUT2D eigenvalue weighted by molar-refractivity contribution is -0.142. The van der Waals surface area contributed by atoms with Crippen molar-refractivity contribution < 1.29 is 19.1 Å². The van der Waals surface area contributed by atoms with Gasteiger partial charge in [-0.3, -0.25) is 28.3 Å². The number of nitrogens with zero attached hydrogens (tertiary/aromatic N) is 2. The van der Waals surface area contributed by atoms with E-state index in [2.05, 4.69) is 5.32 Å². The third-order valence-corrected chi connectivity index (χ3v) is 4.31. The number of ketones is 1. The zero-order chi connectivity index (χ0) is 22.3. The molecule has 0 fully saturated rings. The molecule has 2 rings (SSSR count). The molecule has 1 amide bonds. The maximum atomic E-state index is 12.4. The molecule has 0 saturated heterocycles. The van der Waals surface area contributed by atoms with Gasteiger partial charge in [-0.25, -0.2) is 4.79 Å². The van der Waals surface area contributed by atoms with Crippen molar-refractivity contribution in [2.45, 2.75) is 26.3 Å². The number of nitrogen functional groups attached to an aromatic ring is 1. The average Bonchev–Trinajstić information content (AvgIpc) is 2.73. The van der Waals surface area contributed by atoms with Gasteiger partial charge in [0, 0.05) is 13.6 Å². The van der Waals surface area contributed by atoms with Crippen LogP contribution in [0, 0.1) is 0 Å². The van der Waals surface area contributed by atoms with Crippen LogP contribution in [-0.2, 0) is 34.3 Å². The van der Waals surface area contributed by atoms with Crippen LogP contribution in [0.5, 0.6) is 0 Å². The SMILES string of the molecule is CCCn1c(N)c(C(=O)COC(=O)CNC(=O)Cc2ccccc2)c(=O)n(C)c1=O. The second-order valence-electron chi connectivity index (χ2n) is 6.58. The Labute approximate surface area is 172 Å². The number of carbonyl (C=O) groups is 3. The van der Waals surface area contributed by atoms with Crippen LogP contribution in [0.25, 0.3) is 0 Å². The van der Waals surface area contributed by atoms with Gasteiger partial charge in [0.1, 0.15) is 17.9 Å². The Hall–Kier alpha value is -3.69. The number of nitrogens with one attached hydrogen (secondary N) is 1. The molecule has 1 aromatic carbocycles. The number of esters is 1. The largest absolute Gasteiger partial charge is 0.456 e. The van der Waals surface area contributed by atoms with Crippen molar-refractivity contribution in [1.29, 1.82) is 0 Å². The number of amides is 1. The zero-order valence-electron chi connectivity index (χ0n) is 16.8. The van der Waals surface area contributed by atoms with Crippen LogP contribution in [0.15, 0.2) is 39.9 Å². The van der Waals surface area contributed by atoms with Crippen LogP contribution in [0.3, 0.4) is 0 Å². The smallest absolute Gasteiger partial charge is 0.332 e. The fourth-order valence-corrected chi connectivity index (χ4v) is 2.77. The molecule has 0 unspecified atom stereocenters. The Balaban J connectivity index is 1.97. The molecule has 0 atom stereocenters. The van der Waals surface area contributed by atoms with E-state index in [0.29, 0.717) is 6.42 Å². The van der Waals surface area contributed by atoms with Crippen LogP contribution in [-0.4, -0.2) is 39.9 Å². The molecule has 2 aromatic rings. The predicted octanol–water partition coefficient (Wildman–Crippen LogP) is -0.376. The highest BCUT2D eigenvalue weighted by Gasteiger charge is 2.22. The van der Waals surface area contributed by atoms with Crippen LogP contribution in [0.4, 0.5) is 5.82 Å². The maximum absolute atomic E-state index is 12.4. The summed E-state index contributed by atoms with van der Waals surface area (Å²) in [5.41, 5.74) is 4.73. The predicted molar refractivity (Wildman–Crippen MR) is 109 cm³/mol. The molecule has 0 bridgehead atoms. The van der Waals surface area contributed by atoms with Crippen LogP contribution >= 0.6 is 0 Å². The van der Waals surface area contributed by atoms with Gasteiger partial charge in [0.25, 0.3) is 5.56 Å². The first-order chi connectivity index (χ1) is 14.3. The van der Waals surface area contributed by atoms with Crippen molar-refractivity contribution in [3.63, 3.8) is 0 Å². The summed E-state index contributed by atoms with van der Waals surface area (Å²) in [5, 5.41) is 2.40. The van der Waals surface area contributed by atoms with Crippen molar-refractivity contribution in [1.82, 2.24) is 14.5 Å². The third-order valence-electron chi connectivity index (χ3n) is 4.31. The van der Waals surface area contributed by atoms with E-state index in [9.17, 15) is 24.0 Å². The molecule has 3 N–H and O–H groups in total. The summed E-state index contributed by atoms with van der Waals surface area (Å²) in [7, 11) is 1.24. The van der Waals surface area contributed by atoms with E-state index in [0.717, 1.165) is 14.7 Å². The van der Waals surface area contributed by atoms with Crippen molar-refractivity contribution in [2.24, 2.45) is 7.05 Å². The summed E-state index contributed by atoms with van der Waals surface area (Å²) in [6.45, 7) is 0.873. The number of Topliss-reactive ketones (excluding diaryl/α,β-unsaturated/α-hetero) is 1. The monoisotopic (exact) mass is 416 g/mol. The number of rotatable bonds is 9. The molecular formula is C20H24N4O6. The number of hydrogen-bond donors (Lipinski definition) is 2. The van der Waals surface area contributed by atoms with Crippen LogP contribution in [0.1, 0.15) is 29.3 Å². The summed E-state index contributed by atoms with van der Waals surface area (Å²) in [4.78, 5) is 60.5. The fraction of sp³-hybridized carbons (Fsp3) is 0.350. The second-order valence-corrected chi connectivity index (χ2v) is 6.58. The maximum Gasteiger partial charge on any atom is 0.332 e. The fourth-order valence-electron chi connectivity index (χ4n) is 2.77. The Morgan fingerprint density at radius 1 is 1.13 bits per heavy atom. The summed E-state index contributed by atoms with van der Waals surface area (Å²) in [5.74, 6) is -2.32. The first-order valence-corrected chi connectivity index (χ1v) is 9.35. The molecule has 1 aromatic heterocycles. The van der Waals surface area contributed by atoms with Gasteiger partial charge in [0.15, 0.2) is 6.61 Å². The topological polar surface area (TPSA) is 142 Å². The summed E-state index contributed by atoms with van der Waals surface area (Å²) in [6, 6.07) is 8.97. The summed E-state index contributed by atoms with van der Waals surface area (Å²) in [6.07, 6.45) is 0.659. The van der Waals surface area contributed by atoms with Crippen molar-refractivity contribution >= 4 is 23.5 Å². The van der Waals surface area contributed by atoms with E-state index in [4.69, 9.17) is 10.5 Å². The first kappa shape index (κ1) is 22.6. The standard InChI is InChI=1S/C20H24N4O6/c1-3-9-24-18(21)17(19(28)23(2)20(24)29)14(25)12-30-16(27)11-22-15(26)10-13-7-5-4-6-8-13/h4-8H,3,9-12,21H2,1-2H3,(H,22,26). The highest BCUT2D eigenvalue weighted by Crippen LogP contribution is 2.07. The molecule has 0 aliphatic carbocycles. The van der Waals surface area contributed by atoms with Gasteiger partial charge in [0.05, 0.1) is 6.42 Å². The Kier molecular flexibility index (Phi) is 7.68. The Morgan fingerprint density at radius 2 is 1.80 bits per heavy atom. The zero-order valence-corrected chi connectivity index (χ0v) is 16.8. The quantitative estimate of drug-likeness (QED) is 0.419.